The minimum Gasteiger partial charge on any atom is -0.495 e. The van der Waals surface area contributed by atoms with Gasteiger partial charge in [-0.25, -0.2) is 4.79 Å². The number of hydrogen-bond donors (Lipinski definition) is 2. The summed E-state index contributed by atoms with van der Waals surface area (Å²) in [7, 11) is 1.58. The Bertz CT molecular complexity index is 689. The van der Waals surface area contributed by atoms with Gasteiger partial charge in [0.05, 0.1) is 12.8 Å². The van der Waals surface area contributed by atoms with Crippen LogP contribution < -0.4 is 10.1 Å². The molecular formula is C20H26N2O3. The Kier molecular flexibility index (Phi) is 6.83. The van der Waals surface area contributed by atoms with Gasteiger partial charge in [-0.15, -0.1) is 0 Å². The van der Waals surface area contributed by atoms with Gasteiger partial charge in [0.25, 0.3) is 0 Å². The molecule has 2 amide bonds. The molecule has 0 spiro atoms. The van der Waals surface area contributed by atoms with Crippen molar-refractivity contribution in [1.82, 2.24) is 4.90 Å². The minimum absolute atomic E-state index is 0.0352. The normalized spacial score (nSPS) is 11.7. The molecule has 1 atom stereocenters. The number of rotatable bonds is 7. The summed E-state index contributed by atoms with van der Waals surface area (Å²) in [6.45, 7) is 4.41. The van der Waals surface area contributed by atoms with Gasteiger partial charge in [0, 0.05) is 19.2 Å². The molecule has 0 bridgehead atoms. The number of urea groups is 1. The third-order valence-electron chi connectivity index (χ3n) is 4.13. The largest absolute Gasteiger partial charge is 0.495 e. The number of aryl methyl sites for hydroxylation is 1. The number of carbonyl (C=O) groups is 1. The first kappa shape index (κ1) is 18.8. The molecule has 25 heavy (non-hydrogen) atoms. The quantitative estimate of drug-likeness (QED) is 0.804. The Balaban J connectivity index is 2.21. The lowest BCUT2D eigenvalue weighted by Crippen LogP contribution is -2.41. The summed E-state index contributed by atoms with van der Waals surface area (Å²) in [5.74, 6) is 0.619. The predicted octanol–water partition coefficient (Wildman–Crippen LogP) is 3.81. The lowest BCUT2D eigenvalue weighted by atomic mass is 10.1. The van der Waals surface area contributed by atoms with E-state index in [2.05, 4.69) is 5.32 Å². The van der Waals surface area contributed by atoms with Crippen LogP contribution in [0.4, 0.5) is 10.5 Å². The number of carbonyl (C=O) groups excluding carboxylic acids is 1. The second-order valence-electron chi connectivity index (χ2n) is 6.11. The lowest BCUT2D eigenvalue weighted by molar-refractivity contribution is 0.169. The molecule has 0 aliphatic rings. The number of ether oxygens (including phenoxy) is 1. The van der Waals surface area contributed by atoms with Gasteiger partial charge in [0.2, 0.25) is 0 Å². The van der Waals surface area contributed by atoms with Gasteiger partial charge in [0.1, 0.15) is 5.75 Å². The van der Waals surface area contributed by atoms with Crippen LogP contribution in [0.5, 0.6) is 5.75 Å². The van der Waals surface area contributed by atoms with Gasteiger partial charge in [-0.05, 0) is 43.5 Å². The van der Waals surface area contributed by atoms with Crippen molar-refractivity contribution in [2.45, 2.75) is 32.9 Å². The highest BCUT2D eigenvalue weighted by Gasteiger charge is 2.21. The molecule has 134 valence electrons. The summed E-state index contributed by atoms with van der Waals surface area (Å²) in [6.07, 6.45) is 0.519. The number of amides is 2. The molecule has 2 N–H and O–H groups in total. The number of nitrogens with zero attached hydrogens (tertiary/aromatic N) is 1. The lowest BCUT2D eigenvalue weighted by Gasteiger charge is -2.29. The van der Waals surface area contributed by atoms with E-state index in [0.717, 1.165) is 11.1 Å². The van der Waals surface area contributed by atoms with Crippen molar-refractivity contribution < 1.29 is 14.6 Å². The Morgan fingerprint density at radius 2 is 1.96 bits per heavy atom. The highest BCUT2D eigenvalue weighted by Crippen LogP contribution is 2.26. The molecule has 0 heterocycles. The van der Waals surface area contributed by atoms with E-state index in [0.29, 0.717) is 24.4 Å². The van der Waals surface area contributed by atoms with Crippen molar-refractivity contribution in [3.8, 4) is 5.75 Å². The predicted molar refractivity (Wildman–Crippen MR) is 99.9 cm³/mol. The zero-order chi connectivity index (χ0) is 18.2. The Labute approximate surface area is 149 Å². The minimum atomic E-state index is -0.214. The first-order valence-electron chi connectivity index (χ1n) is 8.42. The number of methoxy groups -OCH3 is 1. The van der Waals surface area contributed by atoms with E-state index >= 15 is 0 Å². The van der Waals surface area contributed by atoms with Crippen molar-refractivity contribution >= 4 is 11.7 Å². The summed E-state index contributed by atoms with van der Waals surface area (Å²) in [5, 5.41) is 12.2. The van der Waals surface area contributed by atoms with E-state index in [1.54, 1.807) is 12.0 Å². The highest BCUT2D eigenvalue weighted by molar-refractivity contribution is 5.91. The third-order valence-corrected chi connectivity index (χ3v) is 4.13. The molecule has 0 saturated heterocycles. The highest BCUT2D eigenvalue weighted by atomic mass is 16.5. The molecular weight excluding hydrogens is 316 g/mol. The Morgan fingerprint density at radius 3 is 2.60 bits per heavy atom. The molecule has 2 aromatic carbocycles. The summed E-state index contributed by atoms with van der Waals surface area (Å²) in [4.78, 5) is 14.6. The van der Waals surface area contributed by atoms with E-state index in [1.165, 1.54) is 0 Å². The Hall–Kier alpha value is -2.53. The molecule has 2 aromatic rings. The smallest absolute Gasteiger partial charge is 0.322 e. The van der Waals surface area contributed by atoms with E-state index in [9.17, 15) is 9.90 Å². The number of aliphatic hydroxyl groups excluding tert-OH is 1. The molecule has 0 aliphatic heterocycles. The Morgan fingerprint density at radius 1 is 1.24 bits per heavy atom. The van der Waals surface area contributed by atoms with Gasteiger partial charge in [-0.2, -0.15) is 0 Å². The summed E-state index contributed by atoms with van der Waals surface area (Å²) in [5.41, 5.74) is 2.72. The molecule has 0 aliphatic carbocycles. The van der Waals surface area contributed by atoms with E-state index in [1.807, 2.05) is 62.4 Å². The van der Waals surface area contributed by atoms with Crippen molar-refractivity contribution in [2.24, 2.45) is 0 Å². The molecule has 5 heteroatoms. The molecule has 0 radical (unpaired) electrons. The fraction of sp³-hybridized carbons (Fsp3) is 0.350. The van der Waals surface area contributed by atoms with Crippen LogP contribution in [0.2, 0.25) is 0 Å². The van der Waals surface area contributed by atoms with Gasteiger partial charge < -0.3 is 20.1 Å². The van der Waals surface area contributed by atoms with Crippen LogP contribution in [0.1, 0.15) is 24.5 Å². The van der Waals surface area contributed by atoms with Gasteiger partial charge in [-0.3, -0.25) is 0 Å². The molecule has 0 saturated carbocycles. The summed E-state index contributed by atoms with van der Waals surface area (Å²) >= 11 is 0. The number of anilines is 1. The van der Waals surface area contributed by atoms with Crippen LogP contribution >= 0.6 is 0 Å². The van der Waals surface area contributed by atoms with E-state index < -0.39 is 0 Å². The fourth-order valence-corrected chi connectivity index (χ4v) is 2.66. The first-order valence-corrected chi connectivity index (χ1v) is 8.42. The average Bonchev–Trinajstić information content (AvgIpc) is 2.61. The van der Waals surface area contributed by atoms with Crippen molar-refractivity contribution in [2.75, 3.05) is 19.0 Å². The van der Waals surface area contributed by atoms with Crippen molar-refractivity contribution in [3.63, 3.8) is 0 Å². The first-order chi connectivity index (χ1) is 12.0. The second-order valence-corrected chi connectivity index (χ2v) is 6.11. The summed E-state index contributed by atoms with van der Waals surface area (Å²) < 4.78 is 5.33. The maximum Gasteiger partial charge on any atom is 0.322 e. The average molecular weight is 342 g/mol. The van der Waals surface area contributed by atoms with Gasteiger partial charge in [-0.1, -0.05) is 36.4 Å². The molecule has 1 unspecified atom stereocenters. The number of aliphatic hydroxyl groups is 1. The number of nitrogens with one attached hydrogen (secondary N) is 1. The van der Waals surface area contributed by atoms with Crippen molar-refractivity contribution in [3.05, 3.63) is 59.7 Å². The number of benzene rings is 2. The van der Waals surface area contributed by atoms with Crippen LogP contribution in [-0.2, 0) is 6.54 Å². The fourth-order valence-electron chi connectivity index (χ4n) is 2.66. The van der Waals surface area contributed by atoms with E-state index in [4.69, 9.17) is 4.74 Å². The van der Waals surface area contributed by atoms with Crippen LogP contribution in [-0.4, -0.2) is 35.8 Å². The second kappa shape index (κ2) is 9.08. The standard InChI is InChI=1S/C20H26N2O3/c1-15-9-10-19(25-3)18(13-15)21-20(24)22(16(2)11-12-23)14-17-7-5-4-6-8-17/h4-10,13,16,23H,11-12,14H2,1-3H3,(H,21,24). The van der Waals surface area contributed by atoms with Crippen LogP contribution in [0, 0.1) is 6.92 Å². The zero-order valence-corrected chi connectivity index (χ0v) is 15.0. The zero-order valence-electron chi connectivity index (χ0n) is 15.0. The van der Waals surface area contributed by atoms with Crippen molar-refractivity contribution in [1.29, 1.82) is 0 Å². The maximum atomic E-state index is 12.9. The SMILES string of the molecule is COc1ccc(C)cc1NC(=O)N(Cc1ccccc1)C(C)CCO. The molecule has 5 nitrogen and oxygen atoms in total. The number of hydrogen-bond acceptors (Lipinski definition) is 3. The van der Waals surface area contributed by atoms with Crippen LogP contribution in [0.25, 0.3) is 0 Å². The summed E-state index contributed by atoms with van der Waals surface area (Å²) in [6, 6.07) is 15.2. The maximum absolute atomic E-state index is 12.9. The molecule has 0 aromatic heterocycles. The van der Waals surface area contributed by atoms with Crippen LogP contribution in [0.15, 0.2) is 48.5 Å². The van der Waals surface area contributed by atoms with Gasteiger partial charge in [0.15, 0.2) is 0 Å². The van der Waals surface area contributed by atoms with E-state index in [-0.39, 0.29) is 18.7 Å². The molecule has 0 fully saturated rings. The molecule has 2 rings (SSSR count). The third kappa shape index (κ3) is 5.22. The topological polar surface area (TPSA) is 61.8 Å². The van der Waals surface area contributed by atoms with Gasteiger partial charge >= 0.3 is 6.03 Å². The van der Waals surface area contributed by atoms with Crippen LogP contribution in [0.3, 0.4) is 0 Å². The monoisotopic (exact) mass is 342 g/mol.